The van der Waals surface area contributed by atoms with Gasteiger partial charge in [0.05, 0.1) is 22.2 Å². The second-order valence-corrected chi connectivity index (χ2v) is 10.0. The van der Waals surface area contributed by atoms with Crippen LogP contribution in [0.25, 0.3) is 0 Å². The fraction of sp³-hybridized carbons (Fsp3) is 0.292. The summed E-state index contributed by atoms with van der Waals surface area (Å²) in [6, 6.07) is 4.96. The van der Waals surface area contributed by atoms with Crippen molar-refractivity contribution >= 4 is 21.6 Å². The molecule has 186 valence electrons. The van der Waals surface area contributed by atoms with Crippen LogP contribution in [0.2, 0.25) is 0 Å². The summed E-state index contributed by atoms with van der Waals surface area (Å²) in [5.74, 6) is -1.66. The fourth-order valence-corrected chi connectivity index (χ4v) is 5.17. The fourth-order valence-electron chi connectivity index (χ4n) is 3.81. The van der Waals surface area contributed by atoms with Crippen LogP contribution in [0.4, 0.5) is 13.2 Å². The molecule has 0 saturated heterocycles. The Balaban J connectivity index is 2.01. The molecule has 1 heterocycles. The first kappa shape index (κ1) is 26.1. The van der Waals surface area contributed by atoms with Crippen molar-refractivity contribution in [1.82, 2.24) is 9.78 Å². The van der Waals surface area contributed by atoms with Crippen LogP contribution in [0.5, 0.6) is 5.88 Å². The summed E-state index contributed by atoms with van der Waals surface area (Å²) in [4.78, 5) is 26.2. The minimum atomic E-state index is -4.55. The molecule has 0 radical (unpaired) electrons. The topological polar surface area (TPSA) is 95.3 Å². The van der Waals surface area contributed by atoms with E-state index in [1.54, 1.807) is 27.7 Å². The summed E-state index contributed by atoms with van der Waals surface area (Å²) in [6.07, 6.45) is -2.23. The number of nitrogens with zero attached hydrogens (tertiary/aromatic N) is 2. The largest absolute Gasteiger partial charge is 0.416 e. The molecular formula is C24H23F3N2O5S. The van der Waals surface area contributed by atoms with E-state index in [1.165, 1.54) is 16.9 Å². The first-order chi connectivity index (χ1) is 16.2. The number of benzene rings is 2. The molecule has 0 aliphatic carbocycles. The van der Waals surface area contributed by atoms with E-state index in [4.69, 9.17) is 4.74 Å². The van der Waals surface area contributed by atoms with Crippen LogP contribution >= 0.6 is 0 Å². The zero-order valence-corrected chi connectivity index (χ0v) is 20.5. The highest BCUT2D eigenvalue weighted by Gasteiger charge is 2.31. The van der Waals surface area contributed by atoms with E-state index >= 15 is 0 Å². The highest BCUT2D eigenvalue weighted by molar-refractivity contribution is 7.90. The number of aryl methyl sites for hydroxylation is 2. The van der Waals surface area contributed by atoms with Gasteiger partial charge in [-0.25, -0.2) is 17.9 Å². The van der Waals surface area contributed by atoms with Gasteiger partial charge in [-0.2, -0.15) is 18.3 Å². The molecule has 0 N–H and O–H groups in total. The van der Waals surface area contributed by atoms with Crippen molar-refractivity contribution in [2.45, 2.75) is 45.3 Å². The van der Waals surface area contributed by atoms with Crippen LogP contribution in [-0.4, -0.2) is 36.2 Å². The van der Waals surface area contributed by atoms with Crippen molar-refractivity contribution in [3.8, 4) is 5.88 Å². The van der Waals surface area contributed by atoms with Gasteiger partial charge in [-0.3, -0.25) is 4.79 Å². The Kier molecular flexibility index (Phi) is 6.94. The number of ether oxygens (including phenoxy) is 1. The lowest BCUT2D eigenvalue weighted by molar-refractivity contribution is -0.137. The summed E-state index contributed by atoms with van der Waals surface area (Å²) in [5, 5.41) is 4.08. The van der Waals surface area contributed by atoms with Crippen LogP contribution in [0.15, 0.2) is 41.4 Å². The predicted molar refractivity (Wildman–Crippen MR) is 121 cm³/mol. The van der Waals surface area contributed by atoms with Crippen LogP contribution in [0, 0.1) is 20.8 Å². The van der Waals surface area contributed by atoms with Crippen LogP contribution in [0.3, 0.4) is 0 Å². The van der Waals surface area contributed by atoms with Crippen LogP contribution < -0.4 is 4.74 Å². The van der Waals surface area contributed by atoms with Gasteiger partial charge in [0, 0.05) is 18.4 Å². The van der Waals surface area contributed by atoms with Crippen molar-refractivity contribution in [3.05, 3.63) is 75.5 Å². The minimum absolute atomic E-state index is 0.0406. The molecule has 7 nitrogen and oxygen atoms in total. The molecule has 3 aromatic rings. The highest BCUT2D eigenvalue weighted by Crippen LogP contribution is 2.31. The number of sulfone groups is 1. The van der Waals surface area contributed by atoms with Crippen LogP contribution in [-0.2, 0) is 22.6 Å². The van der Waals surface area contributed by atoms with Gasteiger partial charge >= 0.3 is 12.1 Å². The number of aromatic nitrogens is 2. The van der Waals surface area contributed by atoms with Gasteiger partial charge in [0.1, 0.15) is 5.56 Å². The summed E-state index contributed by atoms with van der Waals surface area (Å²) in [6.45, 7) is 6.76. The normalized spacial score (nSPS) is 12.0. The molecule has 0 saturated carbocycles. The molecule has 2 aromatic carbocycles. The minimum Gasteiger partial charge on any atom is -0.403 e. The molecule has 0 unspecified atom stereocenters. The summed E-state index contributed by atoms with van der Waals surface area (Å²) < 4.78 is 69.5. The number of ketones is 1. The lowest BCUT2D eigenvalue weighted by Crippen LogP contribution is -2.16. The maximum Gasteiger partial charge on any atom is 0.416 e. The standard InChI is InChI=1S/C24H23F3N2O5S/c1-6-29-22(34-23(31)16-7-9-17(10-8-16)24(25,26)27)19(12-28-29)20(30)18-11-13(2)21(35(5,32)33)15(4)14(18)3/h7-12H,6H2,1-5H3. The smallest absolute Gasteiger partial charge is 0.403 e. The average Bonchev–Trinajstić information content (AvgIpc) is 3.16. The number of hydrogen-bond acceptors (Lipinski definition) is 6. The zero-order valence-electron chi connectivity index (χ0n) is 19.6. The number of carbonyl (C=O) groups is 2. The quantitative estimate of drug-likeness (QED) is 0.354. The van der Waals surface area contributed by atoms with E-state index in [2.05, 4.69) is 5.10 Å². The third-order valence-electron chi connectivity index (χ3n) is 5.61. The van der Waals surface area contributed by atoms with Gasteiger partial charge in [-0.05, 0) is 74.7 Å². The van der Waals surface area contributed by atoms with Crippen molar-refractivity contribution in [2.24, 2.45) is 0 Å². The Morgan fingerprint density at radius 3 is 2.14 bits per heavy atom. The van der Waals surface area contributed by atoms with Crippen LogP contribution in [0.1, 0.15) is 55.5 Å². The Morgan fingerprint density at radius 1 is 1.03 bits per heavy atom. The van der Waals surface area contributed by atoms with E-state index in [0.29, 0.717) is 16.7 Å². The second-order valence-electron chi connectivity index (χ2n) is 8.07. The zero-order chi connectivity index (χ0) is 26.3. The van der Waals surface area contributed by atoms with Gasteiger partial charge in [-0.15, -0.1) is 0 Å². The molecule has 0 bridgehead atoms. The molecule has 0 aliphatic rings. The number of alkyl halides is 3. The maximum atomic E-state index is 13.4. The summed E-state index contributed by atoms with van der Waals surface area (Å²) in [7, 11) is -3.53. The molecule has 35 heavy (non-hydrogen) atoms. The maximum absolute atomic E-state index is 13.4. The second kappa shape index (κ2) is 9.29. The SMILES string of the molecule is CCn1ncc(C(=O)c2cc(C)c(S(C)(=O)=O)c(C)c2C)c1OC(=O)c1ccc(C(F)(F)F)cc1. The van der Waals surface area contributed by atoms with E-state index in [0.717, 1.165) is 30.5 Å². The van der Waals surface area contributed by atoms with E-state index < -0.39 is 33.3 Å². The van der Waals surface area contributed by atoms with E-state index in [9.17, 15) is 31.2 Å². The monoisotopic (exact) mass is 508 g/mol. The molecule has 0 aliphatic heterocycles. The molecule has 1 aromatic heterocycles. The van der Waals surface area contributed by atoms with Crippen molar-refractivity contribution in [2.75, 3.05) is 6.26 Å². The van der Waals surface area contributed by atoms with Gasteiger partial charge < -0.3 is 4.74 Å². The van der Waals surface area contributed by atoms with Crippen molar-refractivity contribution in [1.29, 1.82) is 0 Å². The summed E-state index contributed by atoms with van der Waals surface area (Å²) in [5.41, 5.74) is 0.399. The Morgan fingerprint density at radius 2 is 1.63 bits per heavy atom. The molecule has 11 heteroatoms. The lowest BCUT2D eigenvalue weighted by Gasteiger charge is -2.15. The number of rotatable bonds is 6. The molecular weight excluding hydrogens is 485 g/mol. The highest BCUT2D eigenvalue weighted by atomic mass is 32.2. The number of hydrogen-bond donors (Lipinski definition) is 0. The first-order valence-electron chi connectivity index (χ1n) is 10.5. The number of carbonyl (C=O) groups excluding carboxylic acids is 2. The molecule has 0 amide bonds. The lowest BCUT2D eigenvalue weighted by atomic mass is 9.95. The Labute approximate surface area is 200 Å². The Hall–Kier alpha value is -3.47. The average molecular weight is 509 g/mol. The van der Waals surface area contributed by atoms with Crippen molar-refractivity contribution < 1.29 is 35.9 Å². The van der Waals surface area contributed by atoms with Gasteiger partial charge in [0.2, 0.25) is 5.88 Å². The predicted octanol–water partition coefficient (Wildman–Crippen LogP) is 4.70. The molecule has 0 fully saturated rings. The van der Waals surface area contributed by atoms with E-state index in [-0.39, 0.29) is 34.0 Å². The molecule has 3 rings (SSSR count). The number of esters is 1. The van der Waals surface area contributed by atoms with E-state index in [1.807, 2.05) is 0 Å². The Bertz CT molecular complexity index is 1420. The number of halogens is 3. The van der Waals surface area contributed by atoms with Gasteiger partial charge in [-0.1, -0.05) is 0 Å². The van der Waals surface area contributed by atoms with Gasteiger partial charge in [0.25, 0.3) is 0 Å². The summed E-state index contributed by atoms with van der Waals surface area (Å²) >= 11 is 0. The first-order valence-corrected chi connectivity index (χ1v) is 12.4. The molecule has 0 atom stereocenters. The van der Waals surface area contributed by atoms with Crippen molar-refractivity contribution in [3.63, 3.8) is 0 Å². The third-order valence-corrected chi connectivity index (χ3v) is 6.98. The van der Waals surface area contributed by atoms with Gasteiger partial charge in [0.15, 0.2) is 15.6 Å². The third kappa shape index (κ3) is 5.14. The molecule has 0 spiro atoms.